The largest absolute Gasteiger partial charge is 0.385 e. The van der Waals surface area contributed by atoms with Crippen molar-refractivity contribution in [2.75, 3.05) is 5.73 Å². The minimum atomic E-state index is -0.950. The zero-order chi connectivity index (χ0) is 23.0. The quantitative estimate of drug-likeness (QED) is 0.335. The molecular weight excluding hydrogens is 457 g/mol. The summed E-state index contributed by atoms with van der Waals surface area (Å²) in [6, 6.07) is 15.5. The van der Waals surface area contributed by atoms with Crippen LogP contribution < -0.4 is 5.73 Å². The van der Waals surface area contributed by atoms with Crippen LogP contribution in [0.5, 0.6) is 0 Å². The van der Waals surface area contributed by atoms with Crippen molar-refractivity contribution in [2.24, 2.45) is 0 Å². The number of ketones is 2. The van der Waals surface area contributed by atoms with Crippen molar-refractivity contribution in [1.29, 1.82) is 0 Å². The number of carbonyl (C=O) groups excluding carboxylic acids is 2. The Hall–Kier alpha value is -3.48. The lowest BCUT2D eigenvalue weighted by Gasteiger charge is -2.10. The van der Waals surface area contributed by atoms with Gasteiger partial charge in [0, 0.05) is 16.7 Å². The van der Waals surface area contributed by atoms with Gasteiger partial charge >= 0.3 is 0 Å². The van der Waals surface area contributed by atoms with Crippen molar-refractivity contribution in [3.63, 3.8) is 0 Å². The van der Waals surface area contributed by atoms with E-state index in [0.29, 0.717) is 0 Å². The van der Waals surface area contributed by atoms with Gasteiger partial charge in [-0.3, -0.25) is 9.59 Å². The van der Waals surface area contributed by atoms with Gasteiger partial charge in [-0.05, 0) is 30.3 Å². The predicted molar refractivity (Wildman–Crippen MR) is 120 cm³/mol. The van der Waals surface area contributed by atoms with Crippen LogP contribution in [-0.2, 0) is 0 Å². The molecular formula is C24H14Cl2F2N2O2. The maximum atomic E-state index is 14.8. The maximum Gasteiger partial charge on any atom is 0.209 e. The molecule has 0 amide bonds. The maximum absolute atomic E-state index is 14.8. The monoisotopic (exact) mass is 470 g/mol. The van der Waals surface area contributed by atoms with Crippen LogP contribution in [-0.4, -0.2) is 16.6 Å². The van der Waals surface area contributed by atoms with E-state index < -0.39 is 28.8 Å². The highest BCUT2D eigenvalue weighted by molar-refractivity contribution is 6.42. The first-order valence-electron chi connectivity index (χ1n) is 9.35. The topological polar surface area (TPSA) is 76.0 Å². The van der Waals surface area contributed by atoms with Gasteiger partial charge in [-0.15, -0.1) is 0 Å². The lowest BCUT2D eigenvalue weighted by Crippen LogP contribution is -2.08. The molecule has 0 aliphatic carbocycles. The van der Waals surface area contributed by atoms with Crippen molar-refractivity contribution in [3.8, 4) is 11.1 Å². The first-order valence-corrected chi connectivity index (χ1v) is 10.1. The van der Waals surface area contributed by atoms with E-state index in [1.165, 1.54) is 24.3 Å². The Morgan fingerprint density at radius 3 is 2.03 bits per heavy atom. The van der Waals surface area contributed by atoms with Gasteiger partial charge in [-0.2, -0.15) is 0 Å². The molecule has 1 heterocycles. The van der Waals surface area contributed by atoms with E-state index in [9.17, 15) is 18.4 Å². The van der Waals surface area contributed by atoms with E-state index in [4.69, 9.17) is 28.9 Å². The Kier molecular flexibility index (Phi) is 5.82. The number of halogens is 4. The van der Waals surface area contributed by atoms with Crippen LogP contribution in [0.15, 0.2) is 66.7 Å². The normalized spacial score (nSPS) is 10.9. The summed E-state index contributed by atoms with van der Waals surface area (Å²) in [6.07, 6.45) is 0. The average Bonchev–Trinajstić information content (AvgIpc) is 3.11. The number of aromatic amines is 1. The van der Waals surface area contributed by atoms with Crippen molar-refractivity contribution in [1.82, 2.24) is 4.98 Å². The highest BCUT2D eigenvalue weighted by Gasteiger charge is 2.31. The number of nitrogens with one attached hydrogen (secondary N) is 1. The number of nitrogen functional groups attached to an aromatic ring is 1. The number of nitrogens with two attached hydrogens (primary N) is 1. The summed E-state index contributed by atoms with van der Waals surface area (Å²) in [6.45, 7) is 0. The fraction of sp³-hybridized carbons (Fsp3) is 0. The summed E-state index contributed by atoms with van der Waals surface area (Å²) in [7, 11) is 0. The zero-order valence-corrected chi connectivity index (χ0v) is 17.8. The molecule has 0 unspecified atom stereocenters. The number of anilines is 1. The number of hydrogen-bond acceptors (Lipinski definition) is 3. The summed E-state index contributed by atoms with van der Waals surface area (Å²) in [5.74, 6) is -3.37. The summed E-state index contributed by atoms with van der Waals surface area (Å²) in [5, 5.41) is 0.344. The lowest BCUT2D eigenvalue weighted by atomic mass is 9.92. The third-order valence-electron chi connectivity index (χ3n) is 4.91. The van der Waals surface area contributed by atoms with Crippen LogP contribution in [0.2, 0.25) is 10.0 Å². The molecule has 3 N–H and O–H groups in total. The Labute approximate surface area is 191 Å². The minimum Gasteiger partial charge on any atom is -0.385 e. The molecule has 160 valence electrons. The Bertz CT molecular complexity index is 1350. The summed E-state index contributed by atoms with van der Waals surface area (Å²) >= 11 is 12.0. The molecule has 0 fully saturated rings. The fourth-order valence-corrected chi connectivity index (χ4v) is 3.73. The molecule has 0 saturated carbocycles. The van der Waals surface area contributed by atoms with E-state index in [0.717, 1.165) is 12.1 Å². The molecule has 0 atom stereocenters. The van der Waals surface area contributed by atoms with Crippen LogP contribution in [0.1, 0.15) is 32.0 Å². The zero-order valence-electron chi connectivity index (χ0n) is 16.3. The highest BCUT2D eigenvalue weighted by atomic mass is 35.5. The van der Waals surface area contributed by atoms with Gasteiger partial charge in [0.15, 0.2) is 5.78 Å². The van der Waals surface area contributed by atoms with E-state index in [2.05, 4.69) is 4.98 Å². The van der Waals surface area contributed by atoms with Crippen LogP contribution in [0.25, 0.3) is 11.1 Å². The van der Waals surface area contributed by atoms with Crippen molar-refractivity contribution in [2.45, 2.75) is 0 Å². The second-order valence-electron chi connectivity index (χ2n) is 6.91. The molecule has 0 saturated heterocycles. The van der Waals surface area contributed by atoms with E-state index in [-0.39, 0.29) is 43.8 Å². The second-order valence-corrected chi connectivity index (χ2v) is 7.73. The van der Waals surface area contributed by atoms with Gasteiger partial charge in [0.2, 0.25) is 5.78 Å². The third kappa shape index (κ3) is 3.79. The summed E-state index contributed by atoms with van der Waals surface area (Å²) < 4.78 is 29.6. The van der Waals surface area contributed by atoms with Crippen LogP contribution in [0.3, 0.4) is 0 Å². The molecule has 4 aromatic rings. The molecule has 0 bridgehead atoms. The van der Waals surface area contributed by atoms with Gasteiger partial charge < -0.3 is 10.7 Å². The number of benzene rings is 3. The Balaban J connectivity index is 2.00. The summed E-state index contributed by atoms with van der Waals surface area (Å²) in [5.41, 5.74) is 5.15. The van der Waals surface area contributed by atoms with Gasteiger partial charge in [-0.25, -0.2) is 8.78 Å². The molecule has 0 aliphatic heterocycles. The number of aromatic nitrogens is 1. The molecule has 3 aromatic carbocycles. The number of carbonyl (C=O) groups is 2. The smallest absolute Gasteiger partial charge is 0.209 e. The molecule has 8 heteroatoms. The SMILES string of the molecule is Nc1[nH]c(C(=O)c2ccccc2)c(-c2c(F)cccc2F)c1C(=O)c1ccc(Cl)c(Cl)c1. The Morgan fingerprint density at radius 1 is 0.750 bits per heavy atom. The molecule has 32 heavy (non-hydrogen) atoms. The molecule has 1 aromatic heterocycles. The van der Waals surface area contributed by atoms with Gasteiger partial charge in [0.1, 0.15) is 17.5 Å². The van der Waals surface area contributed by atoms with E-state index in [1.54, 1.807) is 30.3 Å². The van der Waals surface area contributed by atoms with Gasteiger partial charge in [-0.1, -0.05) is 59.6 Å². The number of H-pyrrole nitrogens is 1. The summed E-state index contributed by atoms with van der Waals surface area (Å²) in [4.78, 5) is 29.2. The van der Waals surface area contributed by atoms with Crippen molar-refractivity contribution < 1.29 is 18.4 Å². The highest BCUT2D eigenvalue weighted by Crippen LogP contribution is 2.38. The fourth-order valence-electron chi connectivity index (χ4n) is 3.43. The first-order chi connectivity index (χ1) is 15.3. The number of rotatable bonds is 5. The molecule has 0 aliphatic rings. The van der Waals surface area contributed by atoms with Crippen LogP contribution in [0.4, 0.5) is 14.6 Å². The van der Waals surface area contributed by atoms with Gasteiger partial charge in [0.25, 0.3) is 0 Å². The predicted octanol–water partition coefficient (Wildman–Crippen LogP) is 6.31. The molecule has 0 radical (unpaired) electrons. The van der Waals surface area contributed by atoms with Crippen LogP contribution in [0, 0.1) is 11.6 Å². The van der Waals surface area contributed by atoms with Crippen molar-refractivity contribution in [3.05, 3.63) is 111 Å². The third-order valence-corrected chi connectivity index (χ3v) is 5.65. The average molecular weight is 471 g/mol. The minimum absolute atomic E-state index is 0.0850. The molecule has 4 rings (SSSR count). The van der Waals surface area contributed by atoms with E-state index in [1.807, 2.05) is 0 Å². The lowest BCUT2D eigenvalue weighted by molar-refractivity contribution is 0.103. The van der Waals surface area contributed by atoms with Gasteiger partial charge in [0.05, 0.1) is 26.9 Å². The molecule has 0 spiro atoms. The Morgan fingerprint density at radius 2 is 1.41 bits per heavy atom. The first kappa shape index (κ1) is 21.7. The number of hydrogen-bond donors (Lipinski definition) is 2. The second kappa shape index (κ2) is 8.57. The standard InChI is InChI=1S/C24H14Cl2F2N2O2/c25-14-10-9-13(11-15(14)26)22(31)20-19(18-16(27)7-4-8-17(18)28)21(30-24(20)29)23(32)12-5-2-1-3-6-12/h1-11,30H,29H2. The van der Waals surface area contributed by atoms with Crippen LogP contribution >= 0.6 is 23.2 Å². The van der Waals surface area contributed by atoms with E-state index >= 15 is 0 Å². The van der Waals surface area contributed by atoms with Crippen molar-refractivity contribution >= 4 is 40.6 Å². The molecule has 4 nitrogen and oxygen atoms in total.